The van der Waals surface area contributed by atoms with Gasteiger partial charge in [-0.3, -0.25) is 4.57 Å². The number of guanidine groups is 1. The van der Waals surface area contributed by atoms with Gasteiger partial charge in [-0.25, -0.2) is 4.99 Å². The Hall–Kier alpha value is -2.42. The molecule has 0 fully saturated rings. The highest BCUT2D eigenvalue weighted by molar-refractivity contribution is 14.0. The van der Waals surface area contributed by atoms with Crippen LogP contribution in [0.15, 0.2) is 59.9 Å². The summed E-state index contributed by atoms with van der Waals surface area (Å²) in [5, 5.41) is 11.3. The molecule has 1 aliphatic carbocycles. The lowest BCUT2D eigenvalue weighted by atomic mass is 10.1. The maximum atomic E-state index is 6.04. The number of aliphatic imine (C=N–C) groups is 1. The fourth-order valence-electron chi connectivity index (χ4n) is 3.16. The van der Waals surface area contributed by atoms with E-state index >= 15 is 0 Å². The Morgan fingerprint density at radius 1 is 1.12 bits per heavy atom. The van der Waals surface area contributed by atoms with E-state index in [1.807, 2.05) is 34.9 Å². The average Bonchev–Trinajstić information content (AvgIpc) is 3.29. The van der Waals surface area contributed by atoms with Crippen LogP contribution in [-0.4, -0.2) is 20.7 Å². The number of nitrogens with zero attached hydrogens (tertiary/aromatic N) is 4. The van der Waals surface area contributed by atoms with Crippen LogP contribution in [0.25, 0.3) is 5.69 Å². The number of anilines is 1. The third-order valence-electron chi connectivity index (χ3n) is 4.41. The molecule has 0 saturated carbocycles. The lowest BCUT2D eigenvalue weighted by Crippen LogP contribution is -2.23. The van der Waals surface area contributed by atoms with Crippen molar-refractivity contribution in [1.29, 1.82) is 0 Å². The van der Waals surface area contributed by atoms with Gasteiger partial charge in [0.15, 0.2) is 11.8 Å². The van der Waals surface area contributed by atoms with E-state index in [1.165, 1.54) is 24.0 Å². The number of para-hydroxylation sites is 1. The van der Waals surface area contributed by atoms with Gasteiger partial charge in [-0.15, -0.1) is 34.2 Å². The number of nitrogens with one attached hydrogen (secondary N) is 1. The van der Waals surface area contributed by atoms with Gasteiger partial charge in [-0.05, 0) is 54.7 Å². The fourth-order valence-corrected chi connectivity index (χ4v) is 3.16. The summed E-state index contributed by atoms with van der Waals surface area (Å²) in [5.41, 5.74) is 10.9. The van der Waals surface area contributed by atoms with Gasteiger partial charge >= 0.3 is 0 Å². The largest absolute Gasteiger partial charge is 0.370 e. The summed E-state index contributed by atoms with van der Waals surface area (Å²) in [6.07, 6.45) is 5.23. The minimum absolute atomic E-state index is 0. The van der Waals surface area contributed by atoms with E-state index in [2.05, 4.69) is 38.7 Å². The van der Waals surface area contributed by atoms with Crippen LogP contribution in [0.3, 0.4) is 0 Å². The molecule has 4 rings (SSSR count). The lowest BCUT2D eigenvalue weighted by molar-refractivity contribution is 0.859. The van der Waals surface area contributed by atoms with Gasteiger partial charge in [-0.2, -0.15) is 0 Å². The highest BCUT2D eigenvalue weighted by Crippen LogP contribution is 2.24. The molecule has 3 N–H and O–H groups in total. The molecule has 26 heavy (non-hydrogen) atoms. The molecule has 0 amide bonds. The quantitative estimate of drug-likeness (QED) is 0.356. The SMILES string of the molecule is I.NC(=NCc1nncn1-c1ccccc1)Nc1ccc2c(c1)CCC2. The Bertz CT molecular complexity index is 903. The monoisotopic (exact) mass is 460 g/mol. The van der Waals surface area contributed by atoms with Gasteiger partial charge in [-0.1, -0.05) is 24.3 Å². The zero-order valence-electron chi connectivity index (χ0n) is 14.3. The Morgan fingerprint density at radius 3 is 2.77 bits per heavy atom. The second-order valence-corrected chi connectivity index (χ2v) is 6.12. The predicted molar refractivity (Wildman–Crippen MR) is 114 cm³/mol. The molecule has 3 aromatic rings. The van der Waals surface area contributed by atoms with E-state index in [-0.39, 0.29) is 24.0 Å². The topological polar surface area (TPSA) is 81.1 Å². The highest BCUT2D eigenvalue weighted by Gasteiger charge is 2.11. The molecule has 0 saturated heterocycles. The number of hydrogen-bond acceptors (Lipinski definition) is 3. The Kier molecular flexibility index (Phi) is 5.87. The fraction of sp³-hybridized carbons (Fsp3) is 0.211. The molecule has 0 atom stereocenters. The molecule has 0 aliphatic heterocycles. The number of halogens is 1. The molecule has 0 spiro atoms. The van der Waals surface area contributed by atoms with Crippen molar-refractivity contribution in [3.8, 4) is 5.69 Å². The van der Waals surface area contributed by atoms with E-state index in [1.54, 1.807) is 6.33 Å². The molecule has 2 aromatic carbocycles. The maximum absolute atomic E-state index is 6.04. The van der Waals surface area contributed by atoms with Crippen LogP contribution >= 0.6 is 24.0 Å². The number of fused-ring (bicyclic) bond motifs is 1. The number of aryl methyl sites for hydroxylation is 2. The van der Waals surface area contributed by atoms with E-state index in [4.69, 9.17) is 5.73 Å². The molecule has 6 nitrogen and oxygen atoms in total. The molecular formula is C19H21IN6. The first-order valence-electron chi connectivity index (χ1n) is 8.43. The van der Waals surface area contributed by atoms with Crippen molar-refractivity contribution in [1.82, 2.24) is 14.8 Å². The second-order valence-electron chi connectivity index (χ2n) is 6.12. The summed E-state index contributed by atoms with van der Waals surface area (Å²) in [7, 11) is 0. The van der Waals surface area contributed by atoms with Crippen molar-refractivity contribution >= 4 is 35.6 Å². The van der Waals surface area contributed by atoms with Crippen molar-refractivity contribution in [3.05, 3.63) is 71.8 Å². The average molecular weight is 460 g/mol. The number of rotatable bonds is 4. The smallest absolute Gasteiger partial charge is 0.193 e. The second kappa shape index (κ2) is 8.31. The normalized spacial score (nSPS) is 13.2. The lowest BCUT2D eigenvalue weighted by Gasteiger charge is -2.08. The third-order valence-corrected chi connectivity index (χ3v) is 4.41. The van der Waals surface area contributed by atoms with Crippen molar-refractivity contribution in [2.75, 3.05) is 5.32 Å². The molecule has 0 radical (unpaired) electrons. The Morgan fingerprint density at radius 2 is 1.92 bits per heavy atom. The summed E-state index contributed by atoms with van der Waals surface area (Å²) < 4.78 is 1.91. The summed E-state index contributed by atoms with van der Waals surface area (Å²) in [6.45, 7) is 0.360. The van der Waals surface area contributed by atoms with Crippen LogP contribution in [0.1, 0.15) is 23.4 Å². The van der Waals surface area contributed by atoms with Crippen LogP contribution in [-0.2, 0) is 19.4 Å². The minimum Gasteiger partial charge on any atom is -0.370 e. The summed E-state index contributed by atoms with van der Waals surface area (Å²) in [5.74, 6) is 1.12. The summed E-state index contributed by atoms with van der Waals surface area (Å²) in [6, 6.07) is 16.3. The van der Waals surface area contributed by atoms with Crippen molar-refractivity contribution in [3.63, 3.8) is 0 Å². The van der Waals surface area contributed by atoms with Crippen molar-refractivity contribution in [2.45, 2.75) is 25.8 Å². The van der Waals surface area contributed by atoms with Crippen LogP contribution in [0, 0.1) is 0 Å². The Labute approximate surface area is 169 Å². The standard InChI is InChI=1S/C19H20N6.HI/c20-19(23-16-10-9-14-5-4-6-15(14)11-16)21-12-18-24-22-13-25(18)17-7-2-1-3-8-17;/h1-3,7-11,13H,4-6,12H2,(H3,20,21,23);1H. The number of hydrogen-bond donors (Lipinski definition) is 2. The van der Waals surface area contributed by atoms with E-state index < -0.39 is 0 Å². The maximum Gasteiger partial charge on any atom is 0.193 e. The minimum atomic E-state index is 0. The van der Waals surface area contributed by atoms with Gasteiger partial charge in [0.05, 0.1) is 0 Å². The molecule has 1 aromatic heterocycles. The summed E-state index contributed by atoms with van der Waals surface area (Å²) >= 11 is 0. The predicted octanol–water partition coefficient (Wildman–Crippen LogP) is 3.30. The van der Waals surface area contributed by atoms with Crippen LogP contribution in [0.2, 0.25) is 0 Å². The Balaban J connectivity index is 0.00000196. The first-order chi connectivity index (χ1) is 12.3. The zero-order valence-corrected chi connectivity index (χ0v) is 16.6. The number of nitrogens with two attached hydrogens (primary N) is 1. The number of benzene rings is 2. The van der Waals surface area contributed by atoms with Crippen LogP contribution < -0.4 is 11.1 Å². The van der Waals surface area contributed by atoms with Gasteiger partial charge in [0, 0.05) is 11.4 Å². The van der Waals surface area contributed by atoms with E-state index in [0.717, 1.165) is 23.6 Å². The van der Waals surface area contributed by atoms with Crippen molar-refractivity contribution in [2.24, 2.45) is 10.7 Å². The third kappa shape index (κ3) is 4.04. The van der Waals surface area contributed by atoms with Crippen molar-refractivity contribution < 1.29 is 0 Å². The zero-order chi connectivity index (χ0) is 17.1. The van der Waals surface area contributed by atoms with Gasteiger partial charge in [0.2, 0.25) is 0 Å². The van der Waals surface area contributed by atoms with E-state index in [0.29, 0.717) is 12.5 Å². The molecule has 0 bridgehead atoms. The molecule has 7 heteroatoms. The number of aromatic nitrogens is 3. The van der Waals surface area contributed by atoms with Gasteiger partial charge < -0.3 is 11.1 Å². The summed E-state index contributed by atoms with van der Waals surface area (Å²) in [4.78, 5) is 4.40. The first-order valence-corrected chi connectivity index (χ1v) is 8.43. The molecule has 134 valence electrons. The van der Waals surface area contributed by atoms with Crippen LogP contribution in [0.4, 0.5) is 5.69 Å². The van der Waals surface area contributed by atoms with Crippen LogP contribution in [0.5, 0.6) is 0 Å². The van der Waals surface area contributed by atoms with Gasteiger partial charge in [0.25, 0.3) is 0 Å². The highest BCUT2D eigenvalue weighted by atomic mass is 127. The molecule has 0 unspecified atom stereocenters. The molecular weight excluding hydrogens is 439 g/mol. The molecule has 1 heterocycles. The molecule has 1 aliphatic rings. The van der Waals surface area contributed by atoms with E-state index in [9.17, 15) is 0 Å². The first kappa shape index (κ1) is 18.4. The van der Waals surface area contributed by atoms with Gasteiger partial charge in [0.1, 0.15) is 12.9 Å².